The third-order valence-electron chi connectivity index (χ3n) is 6.27. The summed E-state index contributed by atoms with van der Waals surface area (Å²) in [6, 6.07) is 18.4. The predicted molar refractivity (Wildman–Crippen MR) is 126 cm³/mol. The molecule has 1 saturated heterocycles. The molecule has 1 heterocycles. The quantitative estimate of drug-likeness (QED) is 0.636. The summed E-state index contributed by atoms with van der Waals surface area (Å²) in [5.74, 6) is 0.383. The second-order valence-corrected chi connectivity index (χ2v) is 8.28. The molecule has 0 aromatic heterocycles. The highest BCUT2D eigenvalue weighted by atomic mass is 35.5. The standard InChI is InChI=1S/C24H27N3O2.2ClH/c25-14-21-12-19(24(28)29)6-7-20(21)16-27-10-8-17(9-11-27)15-26-23-13-22(23)18-4-2-1-3-5-18;;/h1-7,12,17,22-23,26H,8-11,13,15-16H2,(H,28,29);2*1H/t22-,23+;;/m0../s1. The molecule has 2 N–H and O–H groups in total. The largest absolute Gasteiger partial charge is 0.478 e. The zero-order valence-electron chi connectivity index (χ0n) is 17.4. The van der Waals surface area contributed by atoms with Gasteiger partial charge in [-0.25, -0.2) is 4.79 Å². The van der Waals surface area contributed by atoms with Crippen LogP contribution < -0.4 is 5.32 Å². The van der Waals surface area contributed by atoms with Crippen LogP contribution in [-0.4, -0.2) is 41.7 Å². The summed E-state index contributed by atoms with van der Waals surface area (Å²) >= 11 is 0. The van der Waals surface area contributed by atoms with Gasteiger partial charge >= 0.3 is 5.97 Å². The molecule has 1 aliphatic heterocycles. The smallest absolute Gasteiger partial charge is 0.335 e. The Morgan fingerprint density at radius 1 is 1.13 bits per heavy atom. The molecular weight excluding hydrogens is 433 g/mol. The van der Waals surface area contributed by atoms with E-state index in [1.807, 2.05) is 0 Å². The van der Waals surface area contributed by atoms with Gasteiger partial charge in [-0.05, 0) is 68.1 Å². The van der Waals surface area contributed by atoms with Gasteiger partial charge in [0, 0.05) is 18.5 Å². The highest BCUT2D eigenvalue weighted by molar-refractivity contribution is 5.88. The maximum absolute atomic E-state index is 11.1. The molecule has 1 saturated carbocycles. The number of nitriles is 1. The highest BCUT2D eigenvalue weighted by Gasteiger charge is 2.38. The van der Waals surface area contributed by atoms with E-state index < -0.39 is 5.97 Å². The van der Waals surface area contributed by atoms with Crippen LogP contribution >= 0.6 is 24.8 Å². The zero-order chi connectivity index (χ0) is 20.2. The fourth-order valence-corrected chi connectivity index (χ4v) is 4.35. The lowest BCUT2D eigenvalue weighted by Crippen LogP contribution is -2.37. The Kier molecular flexibility index (Phi) is 9.33. The van der Waals surface area contributed by atoms with Gasteiger partial charge in [0.05, 0.1) is 17.2 Å². The molecule has 0 radical (unpaired) electrons. The lowest BCUT2D eigenvalue weighted by Gasteiger charge is -2.32. The van der Waals surface area contributed by atoms with Crippen LogP contribution in [0.4, 0.5) is 0 Å². The molecular formula is C24H29Cl2N3O2. The van der Waals surface area contributed by atoms with Gasteiger partial charge in [-0.15, -0.1) is 24.8 Å². The predicted octanol–water partition coefficient (Wildman–Crippen LogP) is 4.46. The number of benzene rings is 2. The van der Waals surface area contributed by atoms with Crippen molar-refractivity contribution in [2.24, 2.45) is 5.92 Å². The number of piperidine rings is 1. The summed E-state index contributed by atoms with van der Waals surface area (Å²) < 4.78 is 0. The van der Waals surface area contributed by atoms with E-state index in [4.69, 9.17) is 5.11 Å². The Labute approximate surface area is 196 Å². The lowest BCUT2D eigenvalue weighted by molar-refractivity contribution is 0.0697. The molecule has 2 aromatic carbocycles. The lowest BCUT2D eigenvalue weighted by atomic mass is 9.95. The van der Waals surface area contributed by atoms with Gasteiger partial charge in [0.1, 0.15) is 0 Å². The third kappa shape index (κ3) is 6.44. The van der Waals surface area contributed by atoms with Crippen molar-refractivity contribution in [1.29, 1.82) is 5.26 Å². The Morgan fingerprint density at radius 2 is 1.84 bits per heavy atom. The van der Waals surface area contributed by atoms with Gasteiger partial charge in [0.15, 0.2) is 0 Å². The molecule has 2 aromatic rings. The van der Waals surface area contributed by atoms with Gasteiger partial charge < -0.3 is 10.4 Å². The third-order valence-corrected chi connectivity index (χ3v) is 6.27. The maximum atomic E-state index is 11.1. The average molecular weight is 462 g/mol. The van der Waals surface area contributed by atoms with Gasteiger partial charge in [-0.1, -0.05) is 36.4 Å². The minimum absolute atomic E-state index is 0. The summed E-state index contributed by atoms with van der Waals surface area (Å²) in [6.45, 7) is 3.83. The maximum Gasteiger partial charge on any atom is 0.335 e. The first kappa shape index (κ1) is 25.2. The first-order valence-corrected chi connectivity index (χ1v) is 10.4. The van der Waals surface area contributed by atoms with E-state index in [0.29, 0.717) is 30.0 Å². The second-order valence-electron chi connectivity index (χ2n) is 8.28. The second kappa shape index (κ2) is 11.5. The van der Waals surface area contributed by atoms with Crippen LogP contribution in [0.2, 0.25) is 0 Å². The fourth-order valence-electron chi connectivity index (χ4n) is 4.35. The fraction of sp³-hybridized carbons (Fsp3) is 0.417. The van der Waals surface area contributed by atoms with Crippen molar-refractivity contribution in [2.75, 3.05) is 19.6 Å². The van der Waals surface area contributed by atoms with E-state index >= 15 is 0 Å². The number of hydrogen-bond donors (Lipinski definition) is 2. The van der Waals surface area contributed by atoms with Crippen molar-refractivity contribution in [3.63, 3.8) is 0 Å². The summed E-state index contributed by atoms with van der Waals surface area (Å²) in [4.78, 5) is 13.5. The number of rotatable bonds is 7. The number of aromatic carboxylic acids is 1. The van der Waals surface area contributed by atoms with Gasteiger partial charge in [0.25, 0.3) is 0 Å². The van der Waals surface area contributed by atoms with Crippen LogP contribution in [0.3, 0.4) is 0 Å². The molecule has 166 valence electrons. The SMILES string of the molecule is Cl.Cl.N#Cc1cc(C(=O)O)ccc1CN1CCC(CN[C@@H]2C[C@H]2c2ccccc2)CC1. The number of halogens is 2. The number of hydrogen-bond acceptors (Lipinski definition) is 4. The highest BCUT2D eigenvalue weighted by Crippen LogP contribution is 2.40. The molecule has 0 spiro atoms. The van der Waals surface area contributed by atoms with E-state index in [1.165, 1.54) is 18.1 Å². The molecule has 0 bridgehead atoms. The molecule has 31 heavy (non-hydrogen) atoms. The average Bonchev–Trinajstić information content (AvgIpc) is 3.54. The van der Waals surface area contributed by atoms with E-state index in [-0.39, 0.29) is 30.4 Å². The number of nitrogens with zero attached hydrogens (tertiary/aromatic N) is 2. The van der Waals surface area contributed by atoms with Gasteiger partial charge in [-0.2, -0.15) is 5.26 Å². The number of carboxylic acids is 1. The van der Waals surface area contributed by atoms with Crippen LogP contribution in [0, 0.1) is 17.2 Å². The monoisotopic (exact) mass is 461 g/mol. The zero-order valence-corrected chi connectivity index (χ0v) is 19.0. The van der Waals surface area contributed by atoms with Crippen LogP contribution in [0.1, 0.15) is 52.2 Å². The molecule has 1 aliphatic carbocycles. The van der Waals surface area contributed by atoms with Crippen molar-refractivity contribution < 1.29 is 9.90 Å². The van der Waals surface area contributed by atoms with Crippen molar-refractivity contribution >= 4 is 30.8 Å². The number of nitrogens with one attached hydrogen (secondary N) is 1. The summed E-state index contributed by atoms with van der Waals surface area (Å²) in [7, 11) is 0. The number of likely N-dealkylation sites (tertiary alicyclic amines) is 1. The van der Waals surface area contributed by atoms with E-state index in [0.717, 1.165) is 38.0 Å². The van der Waals surface area contributed by atoms with Gasteiger partial charge in [-0.3, -0.25) is 4.90 Å². The Hall–Kier alpha value is -2.10. The Bertz CT molecular complexity index is 909. The van der Waals surface area contributed by atoms with E-state index in [9.17, 15) is 10.1 Å². The molecule has 2 fully saturated rings. The summed E-state index contributed by atoms with van der Waals surface area (Å²) in [6.07, 6.45) is 3.56. The molecule has 2 aliphatic rings. The molecule has 5 nitrogen and oxygen atoms in total. The van der Waals surface area contributed by atoms with Crippen molar-refractivity contribution in [1.82, 2.24) is 10.2 Å². The van der Waals surface area contributed by atoms with Gasteiger partial charge in [0.2, 0.25) is 0 Å². The number of carboxylic acid groups (broad SMARTS) is 1. The topological polar surface area (TPSA) is 76.4 Å². The molecule has 7 heteroatoms. The molecule has 0 amide bonds. The first-order chi connectivity index (χ1) is 14.1. The number of carbonyl (C=O) groups is 1. The van der Waals surface area contributed by atoms with Crippen LogP contribution in [0.25, 0.3) is 0 Å². The van der Waals surface area contributed by atoms with Crippen molar-refractivity contribution in [2.45, 2.75) is 37.8 Å². The first-order valence-electron chi connectivity index (χ1n) is 10.4. The normalized spacial score (nSPS) is 20.7. The van der Waals surface area contributed by atoms with E-state index in [2.05, 4.69) is 46.6 Å². The van der Waals surface area contributed by atoms with Crippen LogP contribution in [0.5, 0.6) is 0 Å². The van der Waals surface area contributed by atoms with Crippen molar-refractivity contribution in [3.8, 4) is 6.07 Å². The molecule has 4 rings (SSSR count). The minimum atomic E-state index is -0.994. The molecule has 2 atom stereocenters. The Balaban J connectivity index is 0.00000171. The summed E-state index contributed by atoms with van der Waals surface area (Å²) in [5, 5.41) is 22.2. The van der Waals surface area contributed by atoms with E-state index in [1.54, 1.807) is 12.1 Å². The molecule has 0 unspecified atom stereocenters. The van der Waals surface area contributed by atoms with Crippen molar-refractivity contribution in [3.05, 3.63) is 70.8 Å². The van der Waals surface area contributed by atoms with Crippen LogP contribution in [0.15, 0.2) is 48.5 Å². The minimum Gasteiger partial charge on any atom is -0.478 e. The Morgan fingerprint density at radius 3 is 2.48 bits per heavy atom. The van der Waals surface area contributed by atoms with Crippen LogP contribution in [-0.2, 0) is 6.54 Å². The summed E-state index contributed by atoms with van der Waals surface area (Å²) in [5.41, 5.74) is 3.00.